The number of amides is 2. The monoisotopic (exact) mass is 291 g/mol. The first-order valence-corrected chi connectivity index (χ1v) is 7.02. The SMILES string of the molecule is CC(C)(C)C1NC(=O)CN(CCn2ccccc2=O)C1=O. The van der Waals surface area contributed by atoms with E-state index in [4.69, 9.17) is 0 Å². The maximum absolute atomic E-state index is 12.4. The first-order valence-electron chi connectivity index (χ1n) is 7.02. The number of hydrogen-bond donors (Lipinski definition) is 1. The third-order valence-electron chi connectivity index (χ3n) is 3.57. The van der Waals surface area contributed by atoms with Crippen molar-refractivity contribution in [3.8, 4) is 0 Å². The van der Waals surface area contributed by atoms with Crippen LogP contribution in [-0.4, -0.2) is 40.4 Å². The molecule has 1 aliphatic heterocycles. The van der Waals surface area contributed by atoms with Crippen LogP contribution in [0.1, 0.15) is 20.8 Å². The molecule has 21 heavy (non-hydrogen) atoms. The fraction of sp³-hybridized carbons (Fsp3) is 0.533. The van der Waals surface area contributed by atoms with Gasteiger partial charge >= 0.3 is 0 Å². The highest BCUT2D eigenvalue weighted by Crippen LogP contribution is 2.23. The second kappa shape index (κ2) is 5.71. The molecule has 0 aliphatic carbocycles. The lowest BCUT2D eigenvalue weighted by Crippen LogP contribution is -2.62. The topological polar surface area (TPSA) is 71.4 Å². The first kappa shape index (κ1) is 15.3. The van der Waals surface area contributed by atoms with Crippen LogP contribution in [0.25, 0.3) is 0 Å². The number of rotatable bonds is 3. The molecule has 2 amide bonds. The Hall–Kier alpha value is -2.11. The third-order valence-corrected chi connectivity index (χ3v) is 3.57. The van der Waals surface area contributed by atoms with Crippen LogP contribution in [0.5, 0.6) is 0 Å². The van der Waals surface area contributed by atoms with Crippen molar-refractivity contribution in [1.29, 1.82) is 0 Å². The Kier molecular flexibility index (Phi) is 4.16. The minimum absolute atomic E-state index is 0.0486. The van der Waals surface area contributed by atoms with Crippen molar-refractivity contribution in [2.45, 2.75) is 33.4 Å². The average Bonchev–Trinajstić information content (AvgIpc) is 2.39. The van der Waals surface area contributed by atoms with E-state index in [1.54, 1.807) is 18.3 Å². The van der Waals surface area contributed by atoms with Crippen molar-refractivity contribution in [2.75, 3.05) is 13.1 Å². The lowest BCUT2D eigenvalue weighted by molar-refractivity contribution is -0.147. The number of aromatic nitrogens is 1. The van der Waals surface area contributed by atoms with Crippen LogP contribution in [0.3, 0.4) is 0 Å². The van der Waals surface area contributed by atoms with Gasteiger partial charge in [-0.05, 0) is 11.5 Å². The largest absolute Gasteiger partial charge is 0.342 e. The van der Waals surface area contributed by atoms with Crippen LogP contribution < -0.4 is 10.9 Å². The molecule has 1 saturated heterocycles. The number of nitrogens with zero attached hydrogens (tertiary/aromatic N) is 2. The van der Waals surface area contributed by atoms with Gasteiger partial charge in [0.2, 0.25) is 11.8 Å². The summed E-state index contributed by atoms with van der Waals surface area (Å²) >= 11 is 0. The Morgan fingerprint density at radius 2 is 1.90 bits per heavy atom. The minimum atomic E-state index is -0.522. The van der Waals surface area contributed by atoms with Crippen LogP contribution in [0.15, 0.2) is 29.2 Å². The van der Waals surface area contributed by atoms with Gasteiger partial charge in [-0.25, -0.2) is 0 Å². The van der Waals surface area contributed by atoms with Crippen molar-refractivity contribution >= 4 is 11.8 Å². The highest BCUT2D eigenvalue weighted by atomic mass is 16.2. The number of carbonyl (C=O) groups is 2. The Balaban J connectivity index is 2.09. The summed E-state index contributed by atoms with van der Waals surface area (Å²) in [6, 6.07) is 4.40. The molecule has 1 unspecified atom stereocenters. The van der Waals surface area contributed by atoms with Gasteiger partial charge < -0.3 is 14.8 Å². The molecule has 1 aromatic heterocycles. The molecule has 2 rings (SSSR count). The van der Waals surface area contributed by atoms with Gasteiger partial charge in [0.1, 0.15) is 6.04 Å². The number of carbonyl (C=O) groups excluding carboxylic acids is 2. The average molecular weight is 291 g/mol. The molecule has 0 spiro atoms. The molecule has 1 aromatic rings. The van der Waals surface area contributed by atoms with Gasteiger partial charge in [0.15, 0.2) is 0 Å². The second-order valence-electron chi connectivity index (χ2n) is 6.36. The Morgan fingerprint density at radius 3 is 2.52 bits per heavy atom. The van der Waals surface area contributed by atoms with Crippen molar-refractivity contribution < 1.29 is 9.59 Å². The van der Waals surface area contributed by atoms with Gasteiger partial charge in [-0.1, -0.05) is 26.8 Å². The first-order chi connectivity index (χ1) is 9.79. The van der Waals surface area contributed by atoms with Crippen LogP contribution in [-0.2, 0) is 16.1 Å². The minimum Gasteiger partial charge on any atom is -0.342 e. The summed E-state index contributed by atoms with van der Waals surface area (Å²) in [6.07, 6.45) is 1.68. The van der Waals surface area contributed by atoms with Gasteiger partial charge in [-0.3, -0.25) is 14.4 Å². The van der Waals surface area contributed by atoms with Gasteiger partial charge in [-0.2, -0.15) is 0 Å². The second-order valence-corrected chi connectivity index (χ2v) is 6.36. The predicted octanol–water partition coefficient (Wildman–Crippen LogP) is 0.221. The summed E-state index contributed by atoms with van der Waals surface area (Å²) in [5.41, 5.74) is -0.451. The molecular weight excluding hydrogens is 270 g/mol. The zero-order chi connectivity index (χ0) is 15.6. The third kappa shape index (κ3) is 3.51. The molecule has 6 nitrogen and oxygen atoms in total. The fourth-order valence-electron chi connectivity index (χ4n) is 2.35. The molecule has 0 radical (unpaired) electrons. The quantitative estimate of drug-likeness (QED) is 0.866. The zero-order valence-corrected chi connectivity index (χ0v) is 12.6. The number of hydrogen-bond acceptors (Lipinski definition) is 3. The van der Waals surface area contributed by atoms with Crippen molar-refractivity contribution in [3.05, 3.63) is 34.7 Å². The van der Waals surface area contributed by atoms with E-state index in [2.05, 4.69) is 5.32 Å². The molecule has 1 fully saturated rings. The lowest BCUT2D eigenvalue weighted by atomic mass is 9.85. The summed E-state index contributed by atoms with van der Waals surface area (Å²) < 4.78 is 1.53. The van der Waals surface area contributed by atoms with Crippen molar-refractivity contribution in [1.82, 2.24) is 14.8 Å². The highest BCUT2D eigenvalue weighted by molar-refractivity contribution is 5.95. The summed E-state index contributed by atoms with van der Waals surface area (Å²) in [7, 11) is 0. The van der Waals surface area contributed by atoms with E-state index in [0.29, 0.717) is 13.1 Å². The van der Waals surface area contributed by atoms with Gasteiger partial charge in [-0.15, -0.1) is 0 Å². The molecule has 1 atom stereocenters. The molecule has 114 valence electrons. The van der Waals surface area contributed by atoms with Crippen molar-refractivity contribution in [2.24, 2.45) is 5.41 Å². The van der Waals surface area contributed by atoms with Gasteiger partial charge in [0.05, 0.1) is 6.54 Å². The van der Waals surface area contributed by atoms with Crippen LogP contribution in [0, 0.1) is 5.41 Å². The summed E-state index contributed by atoms with van der Waals surface area (Å²) in [4.78, 5) is 37.4. The standard InChI is InChI=1S/C15H21N3O3/c1-15(2,3)13-14(21)18(10-11(19)16-13)9-8-17-7-5-4-6-12(17)20/h4-7,13H,8-10H2,1-3H3,(H,16,19). The summed E-state index contributed by atoms with van der Waals surface area (Å²) in [6.45, 7) is 6.54. The van der Waals surface area contributed by atoms with E-state index in [0.717, 1.165) is 0 Å². The number of nitrogens with one attached hydrogen (secondary N) is 1. The predicted molar refractivity (Wildman–Crippen MR) is 78.7 cm³/mol. The maximum atomic E-state index is 12.4. The van der Waals surface area contributed by atoms with E-state index >= 15 is 0 Å². The van der Waals surface area contributed by atoms with E-state index in [9.17, 15) is 14.4 Å². The smallest absolute Gasteiger partial charge is 0.250 e. The van der Waals surface area contributed by atoms with Gasteiger partial charge in [0, 0.05) is 25.4 Å². The van der Waals surface area contributed by atoms with Crippen LogP contribution in [0.2, 0.25) is 0 Å². The zero-order valence-electron chi connectivity index (χ0n) is 12.6. The molecular formula is C15H21N3O3. The van der Waals surface area contributed by atoms with Crippen LogP contribution >= 0.6 is 0 Å². The molecule has 0 aromatic carbocycles. The van der Waals surface area contributed by atoms with Crippen molar-refractivity contribution in [3.63, 3.8) is 0 Å². The van der Waals surface area contributed by atoms with Gasteiger partial charge in [0.25, 0.3) is 5.56 Å². The number of pyridine rings is 1. The lowest BCUT2D eigenvalue weighted by Gasteiger charge is -2.38. The Bertz CT molecular complexity index is 601. The molecule has 6 heteroatoms. The maximum Gasteiger partial charge on any atom is 0.250 e. The van der Waals surface area contributed by atoms with E-state index in [1.165, 1.54) is 15.5 Å². The van der Waals surface area contributed by atoms with E-state index < -0.39 is 6.04 Å². The normalized spacial score (nSPS) is 19.6. The molecule has 1 N–H and O–H groups in total. The molecule has 0 bridgehead atoms. The molecule has 2 heterocycles. The Labute approximate surface area is 123 Å². The number of piperazine rings is 1. The van der Waals surface area contributed by atoms with Crippen LogP contribution in [0.4, 0.5) is 0 Å². The Morgan fingerprint density at radius 1 is 1.19 bits per heavy atom. The summed E-state index contributed by atoms with van der Waals surface area (Å²) in [5.74, 6) is -0.249. The van der Waals surface area contributed by atoms with E-state index in [-0.39, 0.29) is 29.3 Å². The fourth-order valence-corrected chi connectivity index (χ4v) is 2.35. The summed E-state index contributed by atoms with van der Waals surface area (Å²) in [5, 5.41) is 2.75. The van der Waals surface area contributed by atoms with E-state index in [1.807, 2.05) is 20.8 Å². The highest BCUT2D eigenvalue weighted by Gasteiger charge is 2.39. The molecule has 0 saturated carbocycles. The molecule has 1 aliphatic rings.